The molecule has 1 aromatic carbocycles. The SMILES string of the molecule is CC(=O)[C@@]1(O)CC[C@H]2[C@@H]3CCc4c(ccc(O)c4O)[C@H]3CC[C@@]21C. The lowest BCUT2D eigenvalue weighted by Gasteiger charge is -2.52. The number of phenols is 2. The second-order valence-electron chi connectivity index (χ2n) is 8.33. The normalized spacial score (nSPS) is 40.5. The van der Waals surface area contributed by atoms with E-state index in [0.717, 1.165) is 43.2 Å². The van der Waals surface area contributed by atoms with Crippen LogP contribution in [0.15, 0.2) is 12.1 Å². The summed E-state index contributed by atoms with van der Waals surface area (Å²) in [5, 5.41) is 31.0. The van der Waals surface area contributed by atoms with Gasteiger partial charge in [0.25, 0.3) is 0 Å². The van der Waals surface area contributed by atoms with Crippen molar-refractivity contribution in [2.75, 3.05) is 0 Å². The third-order valence-corrected chi connectivity index (χ3v) is 7.60. The van der Waals surface area contributed by atoms with E-state index in [0.29, 0.717) is 24.2 Å². The first kappa shape index (κ1) is 15.9. The van der Waals surface area contributed by atoms with Crippen LogP contribution in [0.2, 0.25) is 0 Å². The third-order valence-electron chi connectivity index (χ3n) is 7.60. The zero-order chi connectivity index (χ0) is 17.3. The molecule has 130 valence electrons. The maximum Gasteiger partial charge on any atom is 0.161 e. The summed E-state index contributed by atoms with van der Waals surface area (Å²) >= 11 is 0. The van der Waals surface area contributed by atoms with Crippen LogP contribution in [0.25, 0.3) is 0 Å². The fourth-order valence-corrected chi connectivity index (χ4v) is 6.23. The molecular weight excluding hydrogens is 304 g/mol. The number of carbonyl (C=O) groups excluding carboxylic acids is 1. The Bertz CT molecular complexity index is 712. The van der Waals surface area contributed by atoms with Crippen LogP contribution in [0.4, 0.5) is 0 Å². The van der Waals surface area contributed by atoms with Gasteiger partial charge >= 0.3 is 0 Å². The van der Waals surface area contributed by atoms with Gasteiger partial charge < -0.3 is 15.3 Å². The summed E-state index contributed by atoms with van der Waals surface area (Å²) in [6.45, 7) is 3.63. The Morgan fingerprint density at radius 2 is 1.92 bits per heavy atom. The molecule has 0 aliphatic heterocycles. The summed E-state index contributed by atoms with van der Waals surface area (Å²) in [4.78, 5) is 12.2. The Balaban J connectivity index is 1.73. The maximum atomic E-state index is 12.2. The van der Waals surface area contributed by atoms with Gasteiger partial charge in [-0.15, -0.1) is 0 Å². The lowest BCUT2D eigenvalue weighted by Crippen LogP contribution is -2.54. The van der Waals surface area contributed by atoms with Gasteiger partial charge in [-0.05, 0) is 74.8 Å². The van der Waals surface area contributed by atoms with Crippen LogP contribution in [0.1, 0.15) is 63.0 Å². The molecule has 5 atom stereocenters. The highest BCUT2D eigenvalue weighted by Gasteiger charge is 2.63. The number of phenolic OH excluding ortho intramolecular Hbond substituents is 2. The van der Waals surface area contributed by atoms with Crippen molar-refractivity contribution in [3.8, 4) is 11.5 Å². The predicted molar refractivity (Wildman–Crippen MR) is 90.0 cm³/mol. The average molecular weight is 330 g/mol. The Hall–Kier alpha value is -1.55. The summed E-state index contributed by atoms with van der Waals surface area (Å²) in [5.74, 6) is 1.03. The molecule has 24 heavy (non-hydrogen) atoms. The minimum atomic E-state index is -1.18. The van der Waals surface area contributed by atoms with E-state index in [-0.39, 0.29) is 22.7 Å². The molecule has 3 aliphatic rings. The van der Waals surface area contributed by atoms with E-state index in [1.165, 1.54) is 6.92 Å². The lowest BCUT2D eigenvalue weighted by atomic mass is 9.53. The summed E-state index contributed by atoms with van der Waals surface area (Å²) in [6, 6.07) is 3.54. The van der Waals surface area contributed by atoms with Gasteiger partial charge in [0.15, 0.2) is 17.3 Å². The molecule has 0 unspecified atom stereocenters. The van der Waals surface area contributed by atoms with Crippen molar-refractivity contribution in [2.24, 2.45) is 17.3 Å². The molecule has 0 heterocycles. The number of hydrogen-bond acceptors (Lipinski definition) is 4. The number of hydrogen-bond donors (Lipinski definition) is 3. The van der Waals surface area contributed by atoms with Crippen molar-refractivity contribution < 1.29 is 20.1 Å². The summed E-state index contributed by atoms with van der Waals surface area (Å²) in [7, 11) is 0. The van der Waals surface area contributed by atoms with Gasteiger partial charge in [0.2, 0.25) is 0 Å². The highest BCUT2D eigenvalue weighted by molar-refractivity contribution is 5.86. The van der Waals surface area contributed by atoms with E-state index in [1.54, 1.807) is 6.07 Å². The second-order valence-corrected chi connectivity index (χ2v) is 8.33. The minimum absolute atomic E-state index is 0.0333. The summed E-state index contributed by atoms with van der Waals surface area (Å²) < 4.78 is 0. The smallest absolute Gasteiger partial charge is 0.161 e. The Morgan fingerprint density at radius 1 is 1.17 bits per heavy atom. The molecule has 4 heteroatoms. The van der Waals surface area contributed by atoms with Crippen molar-refractivity contribution in [3.63, 3.8) is 0 Å². The van der Waals surface area contributed by atoms with E-state index in [1.807, 2.05) is 6.07 Å². The molecule has 0 amide bonds. The Labute approximate surface area is 142 Å². The van der Waals surface area contributed by atoms with Crippen LogP contribution in [-0.2, 0) is 11.2 Å². The molecule has 2 saturated carbocycles. The maximum absolute atomic E-state index is 12.2. The Morgan fingerprint density at radius 3 is 2.62 bits per heavy atom. The van der Waals surface area contributed by atoms with Gasteiger partial charge in [-0.3, -0.25) is 4.79 Å². The molecule has 4 rings (SSSR count). The quantitative estimate of drug-likeness (QED) is 0.691. The first-order chi connectivity index (χ1) is 11.3. The fourth-order valence-electron chi connectivity index (χ4n) is 6.23. The van der Waals surface area contributed by atoms with Crippen LogP contribution in [0.3, 0.4) is 0 Å². The number of rotatable bonds is 1. The molecule has 2 fully saturated rings. The molecule has 3 N–H and O–H groups in total. The van der Waals surface area contributed by atoms with Crippen molar-refractivity contribution >= 4 is 5.78 Å². The number of ketones is 1. The first-order valence-electron chi connectivity index (χ1n) is 9.07. The molecule has 0 bridgehead atoms. The van der Waals surface area contributed by atoms with Gasteiger partial charge in [-0.2, -0.15) is 0 Å². The summed E-state index contributed by atoms with van der Waals surface area (Å²) in [6.07, 6.45) is 4.92. The molecule has 0 aromatic heterocycles. The molecule has 0 saturated heterocycles. The van der Waals surface area contributed by atoms with Crippen molar-refractivity contribution in [2.45, 2.75) is 63.9 Å². The molecular formula is C20H26O4. The van der Waals surface area contributed by atoms with Crippen LogP contribution >= 0.6 is 0 Å². The van der Waals surface area contributed by atoms with Gasteiger partial charge in [-0.25, -0.2) is 0 Å². The highest BCUT2D eigenvalue weighted by atomic mass is 16.3. The molecule has 3 aliphatic carbocycles. The zero-order valence-electron chi connectivity index (χ0n) is 14.4. The number of benzene rings is 1. The number of carbonyl (C=O) groups is 1. The molecule has 0 radical (unpaired) electrons. The Kier molecular flexibility index (Phi) is 3.31. The monoisotopic (exact) mass is 330 g/mol. The van der Waals surface area contributed by atoms with Crippen LogP contribution in [0, 0.1) is 17.3 Å². The fraction of sp³-hybridized carbons (Fsp3) is 0.650. The van der Waals surface area contributed by atoms with Crippen molar-refractivity contribution in [1.82, 2.24) is 0 Å². The minimum Gasteiger partial charge on any atom is -0.504 e. The largest absolute Gasteiger partial charge is 0.504 e. The van der Waals surface area contributed by atoms with Crippen LogP contribution < -0.4 is 0 Å². The van der Waals surface area contributed by atoms with Gasteiger partial charge in [0.05, 0.1) is 0 Å². The van der Waals surface area contributed by atoms with E-state index in [2.05, 4.69) is 6.92 Å². The van der Waals surface area contributed by atoms with Gasteiger partial charge in [0.1, 0.15) is 5.60 Å². The van der Waals surface area contributed by atoms with E-state index < -0.39 is 5.60 Å². The van der Waals surface area contributed by atoms with Gasteiger partial charge in [0, 0.05) is 11.0 Å². The van der Waals surface area contributed by atoms with E-state index in [9.17, 15) is 20.1 Å². The van der Waals surface area contributed by atoms with Crippen molar-refractivity contribution in [1.29, 1.82) is 0 Å². The third kappa shape index (κ3) is 1.81. The number of Topliss-reactive ketones (excluding diaryl/α,β-unsaturated/α-hetero) is 1. The van der Waals surface area contributed by atoms with Crippen molar-refractivity contribution in [3.05, 3.63) is 23.3 Å². The summed E-state index contributed by atoms with van der Waals surface area (Å²) in [5.41, 5.74) is 0.526. The number of aliphatic hydroxyl groups is 1. The first-order valence-corrected chi connectivity index (χ1v) is 9.07. The second kappa shape index (κ2) is 4.98. The predicted octanol–water partition coefficient (Wildman–Crippen LogP) is 3.27. The van der Waals surface area contributed by atoms with Crippen LogP contribution in [0.5, 0.6) is 11.5 Å². The highest BCUT2D eigenvalue weighted by Crippen LogP contribution is 2.64. The molecule has 1 aromatic rings. The lowest BCUT2D eigenvalue weighted by molar-refractivity contribution is -0.154. The van der Waals surface area contributed by atoms with Crippen LogP contribution in [-0.4, -0.2) is 26.7 Å². The molecule has 4 nitrogen and oxygen atoms in total. The van der Waals surface area contributed by atoms with E-state index in [4.69, 9.17) is 0 Å². The standard InChI is InChI=1S/C20H26O4/c1-11(21)20(24)10-8-16-14-3-4-15-12(5-6-17(22)18(15)23)13(14)7-9-19(16,20)2/h5-6,13-14,16,22-24H,3-4,7-10H2,1-2H3/t13-,14-,16+,19+,20+/m1/s1. The van der Waals surface area contributed by atoms with Gasteiger partial charge in [-0.1, -0.05) is 13.0 Å². The number of aromatic hydroxyl groups is 2. The zero-order valence-corrected chi connectivity index (χ0v) is 14.4. The topological polar surface area (TPSA) is 77.8 Å². The number of fused-ring (bicyclic) bond motifs is 5. The average Bonchev–Trinajstić information content (AvgIpc) is 2.83. The molecule has 0 spiro atoms. The van der Waals surface area contributed by atoms with E-state index >= 15 is 0 Å².